The van der Waals surface area contributed by atoms with Gasteiger partial charge in [-0.25, -0.2) is 4.79 Å². The van der Waals surface area contributed by atoms with Crippen molar-refractivity contribution in [1.29, 1.82) is 0 Å². The van der Waals surface area contributed by atoms with Gasteiger partial charge in [0.1, 0.15) is 0 Å². The van der Waals surface area contributed by atoms with Crippen LogP contribution in [-0.4, -0.2) is 39.0 Å². The molecule has 2 N–H and O–H groups in total. The standard InChI is InChI=1S/C15H21N5O3S/c1-4-20-13(11-6-5-7-23-11)18-19-15(20)24-9-12(21)17-14(22)16-8-10(2)3/h5-7,10H,4,8-9H2,1-3H3,(H2,16,17,21,22). The highest BCUT2D eigenvalue weighted by Crippen LogP contribution is 2.23. The summed E-state index contributed by atoms with van der Waals surface area (Å²) in [7, 11) is 0. The van der Waals surface area contributed by atoms with Gasteiger partial charge in [-0.1, -0.05) is 25.6 Å². The number of nitrogens with one attached hydrogen (secondary N) is 2. The van der Waals surface area contributed by atoms with E-state index >= 15 is 0 Å². The molecule has 0 saturated heterocycles. The summed E-state index contributed by atoms with van der Waals surface area (Å²) in [4.78, 5) is 23.4. The molecule has 0 radical (unpaired) electrons. The molecule has 0 aliphatic carbocycles. The fraction of sp³-hybridized carbons (Fsp3) is 0.467. The van der Waals surface area contributed by atoms with Crippen LogP contribution in [0.2, 0.25) is 0 Å². The first-order valence-corrected chi connectivity index (χ1v) is 8.67. The van der Waals surface area contributed by atoms with Crippen LogP contribution in [0.1, 0.15) is 20.8 Å². The Kier molecular flexibility index (Phi) is 6.42. The van der Waals surface area contributed by atoms with Crippen molar-refractivity contribution in [2.24, 2.45) is 5.92 Å². The molecule has 24 heavy (non-hydrogen) atoms. The Bertz CT molecular complexity index is 681. The molecule has 8 nitrogen and oxygen atoms in total. The molecule has 2 aromatic heterocycles. The van der Waals surface area contributed by atoms with E-state index in [9.17, 15) is 9.59 Å². The molecule has 0 fully saturated rings. The number of furan rings is 1. The number of rotatable bonds is 7. The van der Waals surface area contributed by atoms with Crippen LogP contribution in [-0.2, 0) is 11.3 Å². The number of amides is 3. The Morgan fingerprint density at radius 2 is 2.17 bits per heavy atom. The average Bonchev–Trinajstić information content (AvgIpc) is 3.19. The monoisotopic (exact) mass is 351 g/mol. The van der Waals surface area contributed by atoms with Gasteiger partial charge in [-0.2, -0.15) is 0 Å². The zero-order valence-electron chi connectivity index (χ0n) is 13.9. The van der Waals surface area contributed by atoms with Crippen LogP contribution in [0.25, 0.3) is 11.6 Å². The molecule has 0 aliphatic rings. The van der Waals surface area contributed by atoms with Gasteiger partial charge in [-0.3, -0.25) is 14.7 Å². The quantitative estimate of drug-likeness (QED) is 0.741. The van der Waals surface area contributed by atoms with E-state index in [1.165, 1.54) is 11.8 Å². The number of carbonyl (C=O) groups is 2. The van der Waals surface area contributed by atoms with Crippen LogP contribution in [0.5, 0.6) is 0 Å². The summed E-state index contributed by atoms with van der Waals surface area (Å²) >= 11 is 1.22. The molecule has 0 aromatic carbocycles. The van der Waals surface area contributed by atoms with Crippen LogP contribution < -0.4 is 10.6 Å². The molecule has 9 heteroatoms. The predicted octanol–water partition coefficient (Wildman–Crippen LogP) is 2.13. The van der Waals surface area contributed by atoms with Gasteiger partial charge in [-0.15, -0.1) is 10.2 Å². The number of urea groups is 1. The van der Waals surface area contributed by atoms with Gasteiger partial charge in [-0.05, 0) is 25.0 Å². The second-order valence-corrected chi connectivity index (χ2v) is 6.41. The van der Waals surface area contributed by atoms with Crippen molar-refractivity contribution in [2.75, 3.05) is 12.3 Å². The topological polar surface area (TPSA) is 102 Å². The number of thioether (sulfide) groups is 1. The van der Waals surface area contributed by atoms with Gasteiger partial charge in [0.2, 0.25) is 5.91 Å². The summed E-state index contributed by atoms with van der Waals surface area (Å²) in [6.45, 7) is 7.07. The lowest BCUT2D eigenvalue weighted by atomic mass is 10.2. The van der Waals surface area contributed by atoms with E-state index in [2.05, 4.69) is 20.8 Å². The minimum atomic E-state index is -0.484. The number of aromatic nitrogens is 3. The van der Waals surface area contributed by atoms with Crippen LogP contribution in [0, 0.1) is 5.92 Å². The van der Waals surface area contributed by atoms with Gasteiger partial charge in [0, 0.05) is 13.1 Å². The number of nitrogens with zero attached hydrogens (tertiary/aromatic N) is 3. The number of hydrogen-bond donors (Lipinski definition) is 2. The molecule has 0 unspecified atom stereocenters. The van der Waals surface area contributed by atoms with Gasteiger partial charge in [0.25, 0.3) is 0 Å². The highest BCUT2D eigenvalue weighted by Gasteiger charge is 2.16. The summed E-state index contributed by atoms with van der Waals surface area (Å²) in [6, 6.07) is 3.10. The van der Waals surface area contributed by atoms with E-state index in [-0.39, 0.29) is 11.7 Å². The smallest absolute Gasteiger partial charge is 0.321 e. The molecule has 0 saturated carbocycles. The SMILES string of the molecule is CCn1c(SCC(=O)NC(=O)NCC(C)C)nnc1-c1ccco1. The average molecular weight is 351 g/mol. The Balaban J connectivity index is 1.90. The van der Waals surface area contributed by atoms with Gasteiger partial charge in [0.05, 0.1) is 12.0 Å². The van der Waals surface area contributed by atoms with E-state index in [1.807, 2.05) is 25.3 Å². The molecular weight excluding hydrogens is 330 g/mol. The van der Waals surface area contributed by atoms with Crippen molar-refractivity contribution in [2.45, 2.75) is 32.5 Å². The second kappa shape index (κ2) is 8.53. The molecule has 3 amide bonds. The van der Waals surface area contributed by atoms with Crippen molar-refractivity contribution in [3.63, 3.8) is 0 Å². The lowest BCUT2D eigenvalue weighted by Crippen LogP contribution is -2.41. The Morgan fingerprint density at radius 3 is 2.79 bits per heavy atom. The first-order valence-electron chi connectivity index (χ1n) is 7.68. The third-order valence-corrected chi connectivity index (χ3v) is 4.00. The molecule has 2 rings (SSSR count). The predicted molar refractivity (Wildman–Crippen MR) is 90.5 cm³/mol. The zero-order valence-corrected chi connectivity index (χ0v) is 14.7. The number of hydrogen-bond acceptors (Lipinski definition) is 6. The van der Waals surface area contributed by atoms with Crippen LogP contribution in [0.3, 0.4) is 0 Å². The summed E-state index contributed by atoms with van der Waals surface area (Å²) in [5.74, 6) is 1.24. The van der Waals surface area contributed by atoms with Crippen molar-refractivity contribution in [1.82, 2.24) is 25.4 Å². The third-order valence-electron chi connectivity index (χ3n) is 3.03. The largest absolute Gasteiger partial charge is 0.461 e. The summed E-state index contributed by atoms with van der Waals surface area (Å²) in [5.41, 5.74) is 0. The summed E-state index contributed by atoms with van der Waals surface area (Å²) in [6.07, 6.45) is 1.57. The van der Waals surface area contributed by atoms with Crippen LogP contribution >= 0.6 is 11.8 Å². The first-order chi connectivity index (χ1) is 11.5. The second-order valence-electron chi connectivity index (χ2n) is 5.47. The fourth-order valence-electron chi connectivity index (χ4n) is 1.90. The molecule has 2 heterocycles. The van der Waals surface area contributed by atoms with E-state index in [0.29, 0.717) is 35.7 Å². The third kappa shape index (κ3) is 4.85. The molecular formula is C15H21N5O3S. The minimum Gasteiger partial charge on any atom is -0.461 e. The van der Waals surface area contributed by atoms with Crippen molar-refractivity contribution in [3.8, 4) is 11.6 Å². The minimum absolute atomic E-state index is 0.0748. The van der Waals surface area contributed by atoms with Gasteiger partial charge < -0.3 is 9.73 Å². The Hall–Kier alpha value is -2.29. The molecule has 0 atom stereocenters. The lowest BCUT2D eigenvalue weighted by Gasteiger charge is -2.08. The Morgan fingerprint density at radius 1 is 1.38 bits per heavy atom. The molecule has 0 spiro atoms. The normalized spacial score (nSPS) is 10.8. The van der Waals surface area contributed by atoms with Crippen molar-refractivity contribution in [3.05, 3.63) is 18.4 Å². The number of carbonyl (C=O) groups excluding carboxylic acids is 2. The molecule has 0 bridgehead atoms. The first kappa shape index (κ1) is 18.1. The maximum Gasteiger partial charge on any atom is 0.321 e. The Labute approximate surface area is 144 Å². The molecule has 2 aromatic rings. The molecule has 130 valence electrons. The molecule has 0 aliphatic heterocycles. The lowest BCUT2D eigenvalue weighted by molar-refractivity contribution is -0.117. The van der Waals surface area contributed by atoms with E-state index in [0.717, 1.165) is 0 Å². The number of imide groups is 1. The van der Waals surface area contributed by atoms with Gasteiger partial charge in [0.15, 0.2) is 16.7 Å². The maximum atomic E-state index is 11.8. The highest BCUT2D eigenvalue weighted by molar-refractivity contribution is 7.99. The zero-order chi connectivity index (χ0) is 17.5. The van der Waals surface area contributed by atoms with Crippen LogP contribution in [0.4, 0.5) is 4.79 Å². The van der Waals surface area contributed by atoms with Crippen molar-refractivity contribution < 1.29 is 14.0 Å². The fourth-order valence-corrected chi connectivity index (χ4v) is 2.70. The van der Waals surface area contributed by atoms with Gasteiger partial charge >= 0.3 is 6.03 Å². The van der Waals surface area contributed by atoms with Crippen LogP contribution in [0.15, 0.2) is 28.0 Å². The van der Waals surface area contributed by atoms with E-state index in [4.69, 9.17) is 4.42 Å². The maximum absolute atomic E-state index is 11.8. The van der Waals surface area contributed by atoms with Crippen molar-refractivity contribution >= 4 is 23.7 Å². The highest BCUT2D eigenvalue weighted by atomic mass is 32.2. The summed E-state index contributed by atoms with van der Waals surface area (Å²) in [5, 5.41) is 13.7. The van der Waals surface area contributed by atoms with E-state index < -0.39 is 6.03 Å². The summed E-state index contributed by atoms with van der Waals surface area (Å²) < 4.78 is 7.19. The van der Waals surface area contributed by atoms with E-state index in [1.54, 1.807) is 18.4 Å².